The Labute approximate surface area is 172 Å². The molecule has 0 radical (unpaired) electrons. The van der Waals surface area contributed by atoms with E-state index >= 15 is 0 Å². The summed E-state index contributed by atoms with van der Waals surface area (Å²) in [6.07, 6.45) is 3.80. The maximum atomic E-state index is 12.9. The van der Waals surface area contributed by atoms with Crippen molar-refractivity contribution in [1.29, 1.82) is 0 Å². The Morgan fingerprint density at radius 3 is 2.41 bits per heavy atom. The van der Waals surface area contributed by atoms with Crippen LogP contribution in [0.3, 0.4) is 0 Å². The summed E-state index contributed by atoms with van der Waals surface area (Å²) >= 11 is 0. The largest absolute Gasteiger partial charge is 0.497 e. The summed E-state index contributed by atoms with van der Waals surface area (Å²) in [4.78, 5) is 25.1. The van der Waals surface area contributed by atoms with Gasteiger partial charge in [-0.15, -0.1) is 0 Å². The van der Waals surface area contributed by atoms with Gasteiger partial charge in [-0.25, -0.2) is 0 Å². The third-order valence-corrected chi connectivity index (χ3v) is 5.30. The second kappa shape index (κ2) is 9.45. The lowest BCUT2D eigenvalue weighted by Gasteiger charge is -2.30. The van der Waals surface area contributed by atoms with Gasteiger partial charge in [0.25, 0.3) is 0 Å². The van der Waals surface area contributed by atoms with Gasteiger partial charge in [-0.05, 0) is 61.7 Å². The van der Waals surface area contributed by atoms with E-state index in [0.29, 0.717) is 6.54 Å². The molecule has 0 bridgehead atoms. The van der Waals surface area contributed by atoms with E-state index in [9.17, 15) is 9.59 Å². The average Bonchev–Trinajstić information content (AvgIpc) is 3.18. The third-order valence-electron chi connectivity index (χ3n) is 5.30. The molecule has 0 aliphatic heterocycles. The highest BCUT2D eigenvalue weighted by Gasteiger charge is 2.40. The van der Waals surface area contributed by atoms with Crippen molar-refractivity contribution in [2.75, 3.05) is 24.3 Å². The van der Waals surface area contributed by atoms with Gasteiger partial charge in [-0.3, -0.25) is 9.59 Å². The summed E-state index contributed by atoms with van der Waals surface area (Å²) < 4.78 is 5.19. The van der Waals surface area contributed by atoms with E-state index in [1.165, 1.54) is 0 Å². The number of carbonyl (C=O) groups excluding carboxylic acids is 2. The number of hydrogen-bond donors (Lipinski definition) is 3. The molecule has 0 aromatic heterocycles. The van der Waals surface area contributed by atoms with Crippen molar-refractivity contribution in [3.63, 3.8) is 0 Å². The smallest absolute Gasteiger partial charge is 0.245 e. The molecule has 2 amide bonds. The summed E-state index contributed by atoms with van der Waals surface area (Å²) in [6, 6.07) is 15.2. The number of ether oxygens (including phenoxy) is 1. The molecule has 0 spiro atoms. The fraction of sp³-hybridized carbons (Fsp3) is 0.391. The van der Waals surface area contributed by atoms with E-state index in [4.69, 9.17) is 4.74 Å². The van der Waals surface area contributed by atoms with Crippen LogP contribution in [0.1, 0.15) is 37.7 Å². The van der Waals surface area contributed by atoms with Gasteiger partial charge in [-0.2, -0.15) is 0 Å². The first-order valence-electron chi connectivity index (χ1n) is 10.1. The van der Waals surface area contributed by atoms with Crippen LogP contribution in [0, 0.1) is 6.92 Å². The number of amides is 2. The molecule has 1 aliphatic rings. The minimum Gasteiger partial charge on any atom is -0.497 e. The zero-order valence-electron chi connectivity index (χ0n) is 17.1. The third kappa shape index (κ3) is 5.50. The van der Waals surface area contributed by atoms with E-state index < -0.39 is 5.54 Å². The minimum absolute atomic E-state index is 0.0471. The molecule has 29 heavy (non-hydrogen) atoms. The Morgan fingerprint density at radius 1 is 1.03 bits per heavy atom. The van der Waals surface area contributed by atoms with Gasteiger partial charge in [0.1, 0.15) is 11.3 Å². The first-order chi connectivity index (χ1) is 14.0. The van der Waals surface area contributed by atoms with Crippen LogP contribution >= 0.6 is 0 Å². The van der Waals surface area contributed by atoms with E-state index in [2.05, 4.69) is 16.0 Å². The van der Waals surface area contributed by atoms with Crippen LogP contribution in [0.5, 0.6) is 5.75 Å². The quantitative estimate of drug-likeness (QED) is 0.634. The molecule has 2 aromatic carbocycles. The molecule has 0 unspecified atom stereocenters. The van der Waals surface area contributed by atoms with Crippen LogP contribution in [-0.4, -0.2) is 31.0 Å². The number of aryl methyl sites for hydroxylation is 1. The molecule has 0 heterocycles. The number of hydrogen-bond acceptors (Lipinski definition) is 4. The van der Waals surface area contributed by atoms with Gasteiger partial charge < -0.3 is 20.7 Å². The Morgan fingerprint density at radius 2 is 1.76 bits per heavy atom. The van der Waals surface area contributed by atoms with Gasteiger partial charge in [-0.1, -0.05) is 25.0 Å². The summed E-state index contributed by atoms with van der Waals surface area (Å²) in [5, 5.41) is 9.24. The molecule has 0 atom stereocenters. The van der Waals surface area contributed by atoms with Crippen LogP contribution in [0.2, 0.25) is 0 Å². The zero-order chi connectivity index (χ0) is 20.7. The Kier molecular flexibility index (Phi) is 6.75. The standard InChI is InChI=1S/C23H29N3O3/c1-17-6-5-7-19(16-17)25-21(27)12-15-24-22(28)23(13-3-4-14-23)26-18-8-10-20(29-2)11-9-18/h5-11,16,26H,3-4,12-15H2,1-2H3,(H,24,28)(H,25,27). The van der Waals surface area contributed by atoms with Crippen LogP contribution in [0.4, 0.5) is 11.4 Å². The number of nitrogens with one attached hydrogen (secondary N) is 3. The SMILES string of the molecule is COc1ccc(NC2(C(=O)NCCC(=O)Nc3cccc(C)c3)CCCC2)cc1. The van der Waals surface area contributed by atoms with E-state index in [0.717, 1.165) is 48.4 Å². The number of rotatable bonds is 8. The average molecular weight is 396 g/mol. The molecular weight excluding hydrogens is 366 g/mol. The molecule has 6 nitrogen and oxygen atoms in total. The van der Waals surface area contributed by atoms with Gasteiger partial charge in [0.15, 0.2) is 0 Å². The molecule has 2 aromatic rings. The maximum Gasteiger partial charge on any atom is 0.245 e. The molecule has 1 aliphatic carbocycles. The van der Waals surface area contributed by atoms with Crippen molar-refractivity contribution < 1.29 is 14.3 Å². The first kappa shape index (κ1) is 20.7. The minimum atomic E-state index is -0.623. The Hall–Kier alpha value is -3.02. The van der Waals surface area contributed by atoms with Gasteiger partial charge in [0, 0.05) is 24.3 Å². The van der Waals surface area contributed by atoms with Crippen molar-refractivity contribution >= 4 is 23.2 Å². The molecule has 1 saturated carbocycles. The predicted molar refractivity (Wildman–Crippen MR) is 115 cm³/mol. The van der Waals surface area contributed by atoms with Crippen molar-refractivity contribution in [3.05, 3.63) is 54.1 Å². The second-order valence-corrected chi connectivity index (χ2v) is 7.57. The summed E-state index contributed by atoms with van der Waals surface area (Å²) in [7, 11) is 1.63. The molecular formula is C23H29N3O3. The van der Waals surface area contributed by atoms with Crippen molar-refractivity contribution in [2.45, 2.75) is 44.6 Å². The summed E-state index contributed by atoms with van der Waals surface area (Å²) in [6.45, 7) is 2.29. The zero-order valence-corrected chi connectivity index (χ0v) is 17.1. The lowest BCUT2D eigenvalue weighted by atomic mass is 9.95. The van der Waals surface area contributed by atoms with Gasteiger partial charge >= 0.3 is 0 Å². The molecule has 6 heteroatoms. The molecule has 0 saturated heterocycles. The predicted octanol–water partition coefficient (Wildman–Crippen LogP) is 3.87. The van der Waals surface area contributed by atoms with Crippen molar-refractivity contribution in [2.24, 2.45) is 0 Å². The highest BCUT2D eigenvalue weighted by Crippen LogP contribution is 2.34. The number of methoxy groups -OCH3 is 1. The topological polar surface area (TPSA) is 79.5 Å². The summed E-state index contributed by atoms with van der Waals surface area (Å²) in [5.41, 5.74) is 2.13. The monoisotopic (exact) mass is 395 g/mol. The first-order valence-corrected chi connectivity index (χ1v) is 10.1. The number of anilines is 2. The van der Waals surface area contributed by atoms with E-state index in [1.807, 2.05) is 55.5 Å². The lowest BCUT2D eigenvalue weighted by Crippen LogP contribution is -2.51. The normalized spacial score (nSPS) is 14.8. The van der Waals surface area contributed by atoms with Crippen LogP contribution in [0.15, 0.2) is 48.5 Å². The fourth-order valence-electron chi connectivity index (χ4n) is 3.74. The molecule has 3 rings (SSSR count). The lowest BCUT2D eigenvalue weighted by molar-refractivity contribution is -0.125. The van der Waals surface area contributed by atoms with Crippen molar-refractivity contribution in [3.8, 4) is 5.75 Å². The van der Waals surface area contributed by atoms with Crippen LogP contribution in [0.25, 0.3) is 0 Å². The molecule has 1 fully saturated rings. The second-order valence-electron chi connectivity index (χ2n) is 7.57. The fourth-order valence-corrected chi connectivity index (χ4v) is 3.74. The van der Waals surface area contributed by atoms with Gasteiger partial charge in [0.2, 0.25) is 11.8 Å². The molecule has 154 valence electrons. The number of carbonyl (C=O) groups is 2. The van der Waals surface area contributed by atoms with Crippen molar-refractivity contribution in [1.82, 2.24) is 5.32 Å². The Bertz CT molecular complexity index is 843. The summed E-state index contributed by atoms with van der Waals surface area (Å²) in [5.74, 6) is 0.619. The highest BCUT2D eigenvalue weighted by atomic mass is 16.5. The van der Waals surface area contributed by atoms with Crippen LogP contribution in [-0.2, 0) is 9.59 Å². The maximum absolute atomic E-state index is 12.9. The highest BCUT2D eigenvalue weighted by molar-refractivity contribution is 5.92. The van der Waals surface area contributed by atoms with Gasteiger partial charge in [0.05, 0.1) is 7.11 Å². The van der Waals surface area contributed by atoms with E-state index in [1.54, 1.807) is 7.11 Å². The Balaban J connectivity index is 1.53. The number of benzene rings is 2. The van der Waals surface area contributed by atoms with E-state index in [-0.39, 0.29) is 18.2 Å². The molecule has 3 N–H and O–H groups in total. The van der Waals surface area contributed by atoms with Crippen LogP contribution < -0.4 is 20.7 Å².